The van der Waals surface area contributed by atoms with Crippen molar-refractivity contribution in [2.24, 2.45) is 11.8 Å². The molecule has 2 aliphatic carbocycles. The average molecular weight is 228 g/mol. The summed E-state index contributed by atoms with van der Waals surface area (Å²) in [6.45, 7) is 0. The molecule has 0 amide bonds. The summed E-state index contributed by atoms with van der Waals surface area (Å²) in [5.74, 6) is -3.35. The van der Waals surface area contributed by atoms with Crippen LogP contribution < -0.4 is 0 Å². The highest BCUT2D eigenvalue weighted by Crippen LogP contribution is 2.54. The van der Waals surface area contributed by atoms with E-state index in [1.165, 1.54) is 28.4 Å². The molecule has 0 N–H and O–H groups in total. The zero-order valence-electron chi connectivity index (χ0n) is 9.85. The van der Waals surface area contributed by atoms with E-state index in [0.29, 0.717) is 0 Å². The molecular weight excluding hydrogens is 212 g/mol. The van der Waals surface area contributed by atoms with Crippen LogP contribution in [0.4, 0.5) is 0 Å². The summed E-state index contributed by atoms with van der Waals surface area (Å²) in [5, 5.41) is 0. The van der Waals surface area contributed by atoms with E-state index in [1.54, 1.807) is 12.2 Å². The average Bonchev–Trinajstić information content (AvgIpc) is 2.79. The molecule has 90 valence electrons. The molecule has 5 nitrogen and oxygen atoms in total. The number of Topliss-reactive ketones (excluding diaryl/α,β-unsaturated/α-hetero) is 1. The molecule has 1 fully saturated rings. The summed E-state index contributed by atoms with van der Waals surface area (Å²) in [7, 11) is 5.94. The first-order valence-corrected chi connectivity index (χ1v) is 5.06. The number of rotatable bonds is 4. The van der Waals surface area contributed by atoms with Gasteiger partial charge in [-0.1, -0.05) is 12.2 Å². The molecule has 2 bridgehead atoms. The third-order valence-corrected chi connectivity index (χ3v) is 3.63. The molecular formula is C11H16O5. The van der Waals surface area contributed by atoms with Crippen molar-refractivity contribution in [3.05, 3.63) is 12.2 Å². The predicted molar refractivity (Wildman–Crippen MR) is 54.6 cm³/mol. The number of hydrogen-bond acceptors (Lipinski definition) is 5. The minimum Gasteiger partial charge on any atom is -0.348 e. The van der Waals surface area contributed by atoms with Crippen LogP contribution in [0.5, 0.6) is 0 Å². The lowest BCUT2D eigenvalue weighted by Crippen LogP contribution is -2.61. The van der Waals surface area contributed by atoms with Gasteiger partial charge in [-0.25, -0.2) is 0 Å². The van der Waals surface area contributed by atoms with Gasteiger partial charge in [0, 0.05) is 28.4 Å². The van der Waals surface area contributed by atoms with Crippen LogP contribution in [0.3, 0.4) is 0 Å². The van der Waals surface area contributed by atoms with Crippen LogP contribution in [0.15, 0.2) is 12.2 Å². The second-order valence-corrected chi connectivity index (χ2v) is 3.89. The van der Waals surface area contributed by atoms with Gasteiger partial charge in [-0.05, 0) is 0 Å². The number of methoxy groups -OCH3 is 4. The van der Waals surface area contributed by atoms with Gasteiger partial charge < -0.3 is 18.9 Å². The van der Waals surface area contributed by atoms with E-state index >= 15 is 0 Å². The molecule has 2 atom stereocenters. The van der Waals surface area contributed by atoms with Crippen molar-refractivity contribution in [2.75, 3.05) is 28.4 Å². The van der Waals surface area contributed by atoms with Crippen LogP contribution in [-0.4, -0.2) is 45.8 Å². The molecule has 0 aromatic rings. The number of ketones is 1. The zero-order valence-corrected chi connectivity index (χ0v) is 9.85. The van der Waals surface area contributed by atoms with Crippen molar-refractivity contribution >= 4 is 5.78 Å². The quantitative estimate of drug-likeness (QED) is 0.513. The Hall–Kier alpha value is -0.750. The molecule has 1 saturated carbocycles. The Morgan fingerprint density at radius 1 is 0.875 bits per heavy atom. The summed E-state index contributed by atoms with van der Waals surface area (Å²) in [6.07, 6.45) is 3.58. The van der Waals surface area contributed by atoms with Gasteiger partial charge in [0.05, 0.1) is 11.8 Å². The Labute approximate surface area is 94.3 Å². The van der Waals surface area contributed by atoms with Crippen LogP contribution in [0.2, 0.25) is 0 Å². The zero-order chi connectivity index (χ0) is 12.0. The second kappa shape index (κ2) is 3.63. The predicted octanol–water partition coefficient (Wildman–Crippen LogP) is 0.349. The standard InChI is InChI=1S/C11H16O5/c1-13-10(14-2)7-5-6-8(9(7)12)11(10,15-3)16-4/h5-8H,1-4H3. The lowest BCUT2D eigenvalue weighted by molar-refractivity contribution is -0.391. The molecule has 0 aromatic carbocycles. The third-order valence-electron chi connectivity index (χ3n) is 3.63. The van der Waals surface area contributed by atoms with Crippen molar-refractivity contribution in [1.29, 1.82) is 0 Å². The molecule has 0 radical (unpaired) electrons. The Morgan fingerprint density at radius 2 is 1.19 bits per heavy atom. The fourth-order valence-electron chi connectivity index (χ4n) is 2.91. The van der Waals surface area contributed by atoms with Crippen LogP contribution in [0, 0.1) is 11.8 Å². The number of ether oxygens (including phenoxy) is 4. The lowest BCUT2D eigenvalue weighted by atomic mass is 9.92. The fraction of sp³-hybridized carbons (Fsp3) is 0.727. The van der Waals surface area contributed by atoms with E-state index in [0.717, 1.165) is 0 Å². The van der Waals surface area contributed by atoms with E-state index in [1.807, 2.05) is 0 Å². The van der Waals surface area contributed by atoms with E-state index < -0.39 is 23.4 Å². The van der Waals surface area contributed by atoms with E-state index in [9.17, 15) is 4.79 Å². The SMILES string of the molecule is COC1(OC)C2C=CC(C2=O)C1(OC)OC. The monoisotopic (exact) mass is 228 g/mol. The highest BCUT2D eigenvalue weighted by atomic mass is 16.8. The van der Waals surface area contributed by atoms with E-state index in [-0.39, 0.29) is 5.78 Å². The van der Waals surface area contributed by atoms with Crippen molar-refractivity contribution in [2.45, 2.75) is 11.6 Å². The minimum absolute atomic E-state index is 0.00685. The summed E-state index contributed by atoms with van der Waals surface area (Å²) < 4.78 is 21.6. The highest BCUT2D eigenvalue weighted by molar-refractivity contribution is 5.94. The Bertz CT molecular complexity index is 297. The fourth-order valence-corrected chi connectivity index (χ4v) is 2.91. The minimum atomic E-state index is -1.20. The first-order chi connectivity index (χ1) is 7.63. The lowest BCUT2D eigenvalue weighted by Gasteiger charge is -2.45. The molecule has 2 aliphatic rings. The third kappa shape index (κ3) is 0.971. The number of carbonyl (C=O) groups excluding carboxylic acids is 1. The van der Waals surface area contributed by atoms with Gasteiger partial charge in [-0.3, -0.25) is 4.79 Å². The summed E-state index contributed by atoms with van der Waals surface area (Å²) in [6, 6.07) is 0. The summed E-state index contributed by atoms with van der Waals surface area (Å²) in [4.78, 5) is 12.1. The van der Waals surface area contributed by atoms with Crippen LogP contribution in [0.1, 0.15) is 0 Å². The first kappa shape index (κ1) is 11.7. The summed E-state index contributed by atoms with van der Waals surface area (Å²) in [5.41, 5.74) is 0. The molecule has 0 spiro atoms. The van der Waals surface area contributed by atoms with Gasteiger partial charge >= 0.3 is 0 Å². The van der Waals surface area contributed by atoms with Crippen LogP contribution >= 0.6 is 0 Å². The molecule has 2 rings (SSSR count). The topological polar surface area (TPSA) is 54.0 Å². The van der Waals surface area contributed by atoms with Gasteiger partial charge in [0.2, 0.25) is 11.6 Å². The normalized spacial score (nSPS) is 33.6. The maximum absolute atomic E-state index is 12.1. The second-order valence-electron chi connectivity index (χ2n) is 3.89. The van der Waals surface area contributed by atoms with E-state index in [4.69, 9.17) is 18.9 Å². The van der Waals surface area contributed by atoms with Gasteiger partial charge in [0.15, 0.2) is 5.78 Å². The smallest absolute Gasteiger partial charge is 0.237 e. The van der Waals surface area contributed by atoms with Crippen molar-refractivity contribution in [3.63, 3.8) is 0 Å². The van der Waals surface area contributed by atoms with Gasteiger partial charge in [0.1, 0.15) is 0 Å². The van der Waals surface area contributed by atoms with Crippen LogP contribution in [-0.2, 0) is 23.7 Å². The van der Waals surface area contributed by atoms with Crippen LogP contribution in [0.25, 0.3) is 0 Å². The maximum Gasteiger partial charge on any atom is 0.237 e. The van der Waals surface area contributed by atoms with Crippen molar-refractivity contribution < 1.29 is 23.7 Å². The van der Waals surface area contributed by atoms with Crippen molar-refractivity contribution in [3.8, 4) is 0 Å². The molecule has 0 saturated heterocycles. The summed E-state index contributed by atoms with van der Waals surface area (Å²) >= 11 is 0. The number of hydrogen-bond donors (Lipinski definition) is 0. The molecule has 16 heavy (non-hydrogen) atoms. The highest BCUT2D eigenvalue weighted by Gasteiger charge is 2.74. The Balaban J connectivity index is 2.57. The molecule has 2 unspecified atom stereocenters. The first-order valence-electron chi connectivity index (χ1n) is 5.06. The maximum atomic E-state index is 12.1. The number of fused-ring (bicyclic) bond motifs is 2. The van der Waals surface area contributed by atoms with Gasteiger partial charge in [-0.15, -0.1) is 0 Å². The molecule has 5 heteroatoms. The van der Waals surface area contributed by atoms with Gasteiger partial charge in [0.25, 0.3) is 0 Å². The largest absolute Gasteiger partial charge is 0.348 e. The Morgan fingerprint density at radius 3 is 1.44 bits per heavy atom. The molecule has 0 aromatic heterocycles. The number of carbonyl (C=O) groups is 1. The van der Waals surface area contributed by atoms with Gasteiger partial charge in [-0.2, -0.15) is 0 Å². The van der Waals surface area contributed by atoms with E-state index in [2.05, 4.69) is 0 Å². The van der Waals surface area contributed by atoms with Crippen molar-refractivity contribution in [1.82, 2.24) is 0 Å². The molecule has 0 aliphatic heterocycles. The Kier molecular flexibility index (Phi) is 2.66. The molecule has 0 heterocycles.